The summed E-state index contributed by atoms with van der Waals surface area (Å²) < 4.78 is 16.4. The summed E-state index contributed by atoms with van der Waals surface area (Å²) in [5.41, 5.74) is 4.67. The average molecular weight is 505 g/mol. The molecule has 1 aliphatic heterocycles. The van der Waals surface area contributed by atoms with Crippen LogP contribution in [0, 0.1) is 12.8 Å². The van der Waals surface area contributed by atoms with Gasteiger partial charge in [-0.25, -0.2) is 0 Å². The van der Waals surface area contributed by atoms with Crippen molar-refractivity contribution in [3.8, 4) is 16.9 Å². The van der Waals surface area contributed by atoms with Gasteiger partial charge in [0.2, 0.25) is 0 Å². The standard InChI is InChI=1S/C27H33ClO5S/c1-6-27(16-33-27)18(4)24(29)25(26(30)32-7-2)34-15-19-9-10-21(31-5)13-23(19)22-11-8-17(3)12-20(22)14-28/h8-13,18,25H,6-7,14-16H2,1-5H3. The van der Waals surface area contributed by atoms with Crippen LogP contribution in [0.3, 0.4) is 0 Å². The van der Waals surface area contributed by atoms with Gasteiger partial charge in [0.15, 0.2) is 11.0 Å². The number of benzene rings is 2. The highest BCUT2D eigenvalue weighted by Gasteiger charge is 2.52. The molecule has 1 saturated heterocycles. The Morgan fingerprint density at radius 1 is 1.15 bits per heavy atom. The molecule has 34 heavy (non-hydrogen) atoms. The SMILES string of the molecule is CCOC(=O)C(SCc1ccc(OC)cc1-c1ccc(C)cc1CCl)C(=O)C(C)C1(CC)CO1. The molecule has 0 saturated carbocycles. The van der Waals surface area contributed by atoms with Gasteiger partial charge in [0.1, 0.15) is 11.4 Å². The molecule has 3 unspecified atom stereocenters. The highest BCUT2D eigenvalue weighted by atomic mass is 35.5. The first kappa shape index (κ1) is 26.6. The minimum Gasteiger partial charge on any atom is -0.497 e. The van der Waals surface area contributed by atoms with Crippen molar-refractivity contribution in [1.82, 2.24) is 0 Å². The highest BCUT2D eigenvalue weighted by molar-refractivity contribution is 8.00. The first-order valence-electron chi connectivity index (χ1n) is 11.6. The minimum atomic E-state index is -0.914. The summed E-state index contributed by atoms with van der Waals surface area (Å²) in [4.78, 5) is 26.2. The molecular weight excluding hydrogens is 472 g/mol. The van der Waals surface area contributed by atoms with Crippen LogP contribution in [0.4, 0.5) is 0 Å². The normalized spacial score (nSPS) is 18.8. The number of aryl methyl sites for hydroxylation is 1. The van der Waals surface area contributed by atoms with E-state index in [0.717, 1.165) is 40.0 Å². The second-order valence-electron chi connectivity index (χ2n) is 8.59. The lowest BCUT2D eigenvalue weighted by Gasteiger charge is -2.23. The number of Topliss-reactive ketones (excluding diaryl/α,β-unsaturated/α-hetero) is 1. The second kappa shape index (κ2) is 11.6. The monoisotopic (exact) mass is 504 g/mol. The Bertz CT molecular complexity index is 1030. The molecule has 2 aromatic rings. The number of alkyl halides is 1. The van der Waals surface area contributed by atoms with E-state index in [4.69, 9.17) is 25.8 Å². The molecule has 2 aromatic carbocycles. The highest BCUT2D eigenvalue weighted by Crippen LogP contribution is 2.41. The van der Waals surface area contributed by atoms with Gasteiger partial charge in [-0.2, -0.15) is 0 Å². The fourth-order valence-electron chi connectivity index (χ4n) is 4.15. The van der Waals surface area contributed by atoms with Crippen LogP contribution < -0.4 is 4.74 Å². The summed E-state index contributed by atoms with van der Waals surface area (Å²) in [6.45, 7) is 8.41. The molecule has 0 amide bonds. The summed E-state index contributed by atoms with van der Waals surface area (Å²) in [5.74, 6) is 0.540. The molecule has 184 valence electrons. The maximum Gasteiger partial charge on any atom is 0.326 e. The number of hydrogen-bond donors (Lipinski definition) is 0. The smallest absolute Gasteiger partial charge is 0.326 e. The van der Waals surface area contributed by atoms with Gasteiger partial charge in [0, 0.05) is 17.6 Å². The van der Waals surface area contributed by atoms with E-state index in [1.807, 2.05) is 45.0 Å². The summed E-state index contributed by atoms with van der Waals surface area (Å²) in [6, 6.07) is 12.0. The predicted octanol–water partition coefficient (Wildman–Crippen LogP) is 5.96. The number of epoxide rings is 1. The molecule has 7 heteroatoms. The number of methoxy groups -OCH3 is 1. The van der Waals surface area contributed by atoms with Crippen LogP contribution in [0.5, 0.6) is 5.75 Å². The van der Waals surface area contributed by atoms with E-state index in [-0.39, 0.29) is 18.3 Å². The lowest BCUT2D eigenvalue weighted by atomic mass is 9.87. The molecule has 3 rings (SSSR count). The number of carbonyl (C=O) groups excluding carboxylic acids is 2. The van der Waals surface area contributed by atoms with Gasteiger partial charge in [-0.05, 0) is 54.7 Å². The van der Waals surface area contributed by atoms with E-state index in [9.17, 15) is 9.59 Å². The zero-order chi connectivity index (χ0) is 24.9. The van der Waals surface area contributed by atoms with Crippen molar-refractivity contribution in [2.24, 2.45) is 5.92 Å². The zero-order valence-electron chi connectivity index (χ0n) is 20.5. The number of carbonyl (C=O) groups is 2. The fourth-order valence-corrected chi connectivity index (χ4v) is 5.54. The molecule has 0 radical (unpaired) electrons. The molecule has 0 bridgehead atoms. The number of hydrogen-bond acceptors (Lipinski definition) is 6. The van der Waals surface area contributed by atoms with E-state index in [0.29, 0.717) is 18.2 Å². The van der Waals surface area contributed by atoms with E-state index in [2.05, 4.69) is 12.1 Å². The van der Waals surface area contributed by atoms with E-state index < -0.39 is 16.8 Å². The molecular formula is C27H33ClO5S. The van der Waals surface area contributed by atoms with Gasteiger partial charge in [0.25, 0.3) is 0 Å². The maximum atomic E-state index is 13.4. The number of rotatable bonds is 12. The molecule has 0 aromatic heterocycles. The molecule has 3 atom stereocenters. The molecule has 1 aliphatic rings. The third kappa shape index (κ3) is 5.78. The van der Waals surface area contributed by atoms with Crippen molar-refractivity contribution in [2.45, 2.75) is 56.6 Å². The molecule has 0 spiro atoms. The summed E-state index contributed by atoms with van der Waals surface area (Å²) >= 11 is 7.57. The van der Waals surface area contributed by atoms with Crippen molar-refractivity contribution in [3.63, 3.8) is 0 Å². The van der Waals surface area contributed by atoms with Crippen LogP contribution in [-0.2, 0) is 30.7 Å². The molecule has 1 fully saturated rings. The maximum absolute atomic E-state index is 13.4. The number of halogens is 1. The van der Waals surface area contributed by atoms with Gasteiger partial charge in [-0.3, -0.25) is 9.59 Å². The van der Waals surface area contributed by atoms with Gasteiger partial charge >= 0.3 is 5.97 Å². The van der Waals surface area contributed by atoms with Gasteiger partial charge in [0.05, 0.1) is 20.3 Å². The third-order valence-electron chi connectivity index (χ3n) is 6.51. The Labute approximate surface area is 211 Å². The number of esters is 1. The number of ketones is 1. The molecule has 0 N–H and O–H groups in total. The summed E-state index contributed by atoms with van der Waals surface area (Å²) in [6.07, 6.45) is 0.734. The van der Waals surface area contributed by atoms with E-state index in [1.165, 1.54) is 11.8 Å². The van der Waals surface area contributed by atoms with Crippen LogP contribution in [0.15, 0.2) is 36.4 Å². The predicted molar refractivity (Wildman–Crippen MR) is 138 cm³/mol. The van der Waals surface area contributed by atoms with Crippen LogP contribution >= 0.6 is 23.4 Å². The van der Waals surface area contributed by atoms with Crippen LogP contribution in [0.2, 0.25) is 0 Å². The Morgan fingerprint density at radius 3 is 2.47 bits per heavy atom. The van der Waals surface area contributed by atoms with Crippen molar-refractivity contribution in [2.75, 3.05) is 20.3 Å². The zero-order valence-corrected chi connectivity index (χ0v) is 22.1. The van der Waals surface area contributed by atoms with Crippen LogP contribution in [0.1, 0.15) is 43.9 Å². The van der Waals surface area contributed by atoms with Gasteiger partial charge in [-0.15, -0.1) is 23.4 Å². The van der Waals surface area contributed by atoms with Gasteiger partial charge in [-0.1, -0.05) is 43.7 Å². The van der Waals surface area contributed by atoms with Crippen molar-refractivity contribution in [1.29, 1.82) is 0 Å². The first-order chi connectivity index (χ1) is 16.3. The van der Waals surface area contributed by atoms with E-state index in [1.54, 1.807) is 14.0 Å². The average Bonchev–Trinajstić information content (AvgIpc) is 3.65. The quantitative estimate of drug-likeness (QED) is 0.154. The Morgan fingerprint density at radius 2 is 1.88 bits per heavy atom. The fraction of sp³-hybridized carbons (Fsp3) is 0.481. The Kier molecular flexibility index (Phi) is 9.07. The number of thioether (sulfide) groups is 1. The number of ether oxygens (including phenoxy) is 3. The summed E-state index contributed by atoms with van der Waals surface area (Å²) in [7, 11) is 1.63. The Balaban J connectivity index is 1.92. The van der Waals surface area contributed by atoms with Crippen LogP contribution in [-0.4, -0.2) is 42.9 Å². The van der Waals surface area contributed by atoms with E-state index >= 15 is 0 Å². The van der Waals surface area contributed by atoms with Crippen molar-refractivity contribution in [3.05, 3.63) is 53.1 Å². The Hall–Kier alpha value is -2.02. The second-order valence-corrected chi connectivity index (χ2v) is 9.95. The van der Waals surface area contributed by atoms with Crippen molar-refractivity contribution < 1.29 is 23.8 Å². The third-order valence-corrected chi connectivity index (χ3v) is 8.03. The lowest BCUT2D eigenvalue weighted by molar-refractivity contribution is -0.145. The molecule has 0 aliphatic carbocycles. The van der Waals surface area contributed by atoms with Gasteiger partial charge < -0.3 is 14.2 Å². The molecule has 1 heterocycles. The topological polar surface area (TPSA) is 65.1 Å². The van der Waals surface area contributed by atoms with Crippen LogP contribution in [0.25, 0.3) is 11.1 Å². The van der Waals surface area contributed by atoms with Crippen molar-refractivity contribution >= 4 is 35.1 Å². The first-order valence-corrected chi connectivity index (χ1v) is 13.2. The minimum absolute atomic E-state index is 0.144. The lowest BCUT2D eigenvalue weighted by Crippen LogP contribution is -2.39. The summed E-state index contributed by atoms with van der Waals surface area (Å²) in [5, 5.41) is -0.914. The molecule has 5 nitrogen and oxygen atoms in total. The largest absolute Gasteiger partial charge is 0.497 e.